The monoisotopic (exact) mass is 498 g/mol. The summed E-state index contributed by atoms with van der Waals surface area (Å²) in [5.74, 6) is 3.54. The minimum atomic E-state index is 0. The molecule has 0 amide bonds. The molecule has 1 heterocycles. The molecule has 1 aromatic carbocycles. The Labute approximate surface area is 184 Å². The number of halogens is 1. The van der Waals surface area contributed by atoms with E-state index in [-0.39, 0.29) is 24.0 Å². The molecule has 1 aromatic heterocycles. The maximum atomic E-state index is 5.44. The maximum Gasteiger partial charge on any atom is 0.191 e. The molecule has 1 aliphatic rings. The Balaban J connectivity index is 0.00000280. The Morgan fingerprint density at radius 1 is 1.25 bits per heavy atom. The minimum absolute atomic E-state index is 0. The number of ether oxygens (including phenoxy) is 1. The Hall–Kier alpha value is -1.84. The van der Waals surface area contributed by atoms with Gasteiger partial charge in [0.1, 0.15) is 18.1 Å². The highest BCUT2D eigenvalue weighted by molar-refractivity contribution is 14.0. The Kier molecular flexibility index (Phi) is 9.01. The van der Waals surface area contributed by atoms with Crippen molar-refractivity contribution >= 4 is 29.9 Å². The summed E-state index contributed by atoms with van der Waals surface area (Å²) in [6.07, 6.45) is 5.86. The fourth-order valence-corrected chi connectivity index (χ4v) is 3.38. The molecule has 0 bridgehead atoms. The van der Waals surface area contributed by atoms with Crippen LogP contribution >= 0.6 is 24.0 Å². The van der Waals surface area contributed by atoms with Crippen LogP contribution in [-0.2, 0) is 20.0 Å². The standard InChI is InChI=1S/C20H30N6O.HI/c1-15-24-25-19(26(15)2)14-22-20(23-17-9-5-6-10-17)21-13-12-16-8-4-7-11-18(16)27-3;/h4,7-8,11,17H,5-6,9-10,12-14H2,1-3H3,(H2,21,22,23);1H. The van der Waals surface area contributed by atoms with Crippen LogP contribution in [0.5, 0.6) is 5.75 Å². The molecule has 7 nitrogen and oxygen atoms in total. The van der Waals surface area contributed by atoms with Gasteiger partial charge in [0, 0.05) is 19.6 Å². The summed E-state index contributed by atoms with van der Waals surface area (Å²) < 4.78 is 7.42. The van der Waals surface area contributed by atoms with Gasteiger partial charge in [0.25, 0.3) is 0 Å². The molecule has 0 unspecified atom stereocenters. The average Bonchev–Trinajstić information content (AvgIpc) is 3.31. The third-order valence-electron chi connectivity index (χ3n) is 5.14. The van der Waals surface area contributed by atoms with Crippen molar-refractivity contribution in [3.63, 3.8) is 0 Å². The highest BCUT2D eigenvalue weighted by Gasteiger charge is 2.16. The number of hydrogen-bond acceptors (Lipinski definition) is 4. The lowest BCUT2D eigenvalue weighted by Gasteiger charge is -2.18. The Bertz CT molecular complexity index is 770. The predicted molar refractivity (Wildman–Crippen MR) is 122 cm³/mol. The van der Waals surface area contributed by atoms with Crippen molar-refractivity contribution in [2.75, 3.05) is 13.7 Å². The molecule has 28 heavy (non-hydrogen) atoms. The highest BCUT2D eigenvalue weighted by Crippen LogP contribution is 2.18. The van der Waals surface area contributed by atoms with Crippen LogP contribution < -0.4 is 15.4 Å². The molecule has 154 valence electrons. The summed E-state index contributed by atoms with van der Waals surface area (Å²) >= 11 is 0. The SMILES string of the molecule is COc1ccccc1CCNC(=NCc1nnc(C)n1C)NC1CCCC1.I. The van der Waals surface area contributed by atoms with Crippen LogP contribution in [0.2, 0.25) is 0 Å². The van der Waals surface area contributed by atoms with Gasteiger partial charge in [-0.1, -0.05) is 31.0 Å². The molecule has 2 aromatic rings. The topological polar surface area (TPSA) is 76.4 Å². The fraction of sp³-hybridized carbons (Fsp3) is 0.550. The van der Waals surface area contributed by atoms with Crippen molar-refractivity contribution in [3.05, 3.63) is 41.5 Å². The van der Waals surface area contributed by atoms with Crippen molar-refractivity contribution < 1.29 is 4.74 Å². The largest absolute Gasteiger partial charge is 0.496 e. The molecule has 1 aliphatic carbocycles. The van der Waals surface area contributed by atoms with Gasteiger partial charge in [0.05, 0.1) is 7.11 Å². The normalized spacial score (nSPS) is 14.6. The molecular weight excluding hydrogens is 467 g/mol. The molecule has 8 heteroatoms. The van der Waals surface area contributed by atoms with Gasteiger partial charge in [-0.3, -0.25) is 0 Å². The third kappa shape index (κ3) is 6.08. The molecule has 3 rings (SSSR count). The number of aryl methyl sites for hydroxylation is 1. The van der Waals surface area contributed by atoms with E-state index in [0.717, 1.165) is 36.3 Å². The second-order valence-electron chi connectivity index (χ2n) is 7.00. The van der Waals surface area contributed by atoms with E-state index in [0.29, 0.717) is 12.6 Å². The number of benzene rings is 1. The molecular formula is C20H31IN6O. The first-order chi connectivity index (χ1) is 13.2. The van der Waals surface area contributed by atoms with Crippen LogP contribution in [0.3, 0.4) is 0 Å². The van der Waals surface area contributed by atoms with Gasteiger partial charge in [-0.25, -0.2) is 4.99 Å². The van der Waals surface area contributed by atoms with Crippen LogP contribution in [-0.4, -0.2) is 40.4 Å². The molecule has 0 atom stereocenters. The van der Waals surface area contributed by atoms with E-state index in [2.05, 4.69) is 26.9 Å². The molecule has 1 fully saturated rings. The number of aliphatic imine (C=N–C) groups is 1. The highest BCUT2D eigenvalue weighted by atomic mass is 127. The van der Waals surface area contributed by atoms with Gasteiger partial charge in [0.2, 0.25) is 0 Å². The summed E-state index contributed by atoms with van der Waals surface area (Å²) in [4.78, 5) is 4.75. The molecule has 1 saturated carbocycles. The van der Waals surface area contributed by atoms with Crippen molar-refractivity contribution in [2.45, 2.75) is 51.6 Å². The van der Waals surface area contributed by atoms with Gasteiger partial charge in [-0.05, 0) is 37.8 Å². The van der Waals surface area contributed by atoms with Crippen molar-refractivity contribution in [1.82, 2.24) is 25.4 Å². The predicted octanol–water partition coefficient (Wildman–Crippen LogP) is 2.97. The van der Waals surface area contributed by atoms with Crippen LogP contribution in [0.25, 0.3) is 0 Å². The zero-order valence-electron chi connectivity index (χ0n) is 16.9. The number of para-hydroxylation sites is 1. The Morgan fingerprint density at radius 2 is 2.00 bits per heavy atom. The Morgan fingerprint density at radius 3 is 2.68 bits per heavy atom. The lowest BCUT2D eigenvalue weighted by Crippen LogP contribution is -2.43. The number of hydrogen-bond donors (Lipinski definition) is 2. The first-order valence-corrected chi connectivity index (χ1v) is 9.69. The zero-order chi connectivity index (χ0) is 19.1. The maximum absolute atomic E-state index is 5.44. The lowest BCUT2D eigenvalue weighted by atomic mass is 10.1. The first kappa shape index (κ1) is 22.4. The summed E-state index contributed by atoms with van der Waals surface area (Å²) in [5.41, 5.74) is 1.19. The molecule has 2 N–H and O–H groups in total. The van der Waals surface area contributed by atoms with Gasteiger partial charge in [0.15, 0.2) is 11.8 Å². The third-order valence-corrected chi connectivity index (χ3v) is 5.14. The van der Waals surface area contributed by atoms with Gasteiger partial charge in [-0.2, -0.15) is 0 Å². The average molecular weight is 498 g/mol. The minimum Gasteiger partial charge on any atom is -0.496 e. The molecule has 0 radical (unpaired) electrons. The van der Waals surface area contributed by atoms with E-state index >= 15 is 0 Å². The van der Waals surface area contributed by atoms with Gasteiger partial charge in [-0.15, -0.1) is 34.2 Å². The summed E-state index contributed by atoms with van der Waals surface area (Å²) in [7, 11) is 3.68. The summed E-state index contributed by atoms with van der Waals surface area (Å²) in [6.45, 7) is 3.24. The van der Waals surface area contributed by atoms with E-state index in [9.17, 15) is 0 Å². The number of guanidine groups is 1. The quantitative estimate of drug-likeness (QED) is 0.349. The van der Waals surface area contributed by atoms with Crippen LogP contribution in [0.4, 0.5) is 0 Å². The van der Waals surface area contributed by atoms with E-state index in [1.165, 1.54) is 31.2 Å². The van der Waals surface area contributed by atoms with Crippen molar-refractivity contribution in [2.24, 2.45) is 12.0 Å². The number of nitrogens with one attached hydrogen (secondary N) is 2. The first-order valence-electron chi connectivity index (χ1n) is 9.69. The van der Waals surface area contributed by atoms with Gasteiger partial charge >= 0.3 is 0 Å². The van der Waals surface area contributed by atoms with E-state index in [1.807, 2.05) is 36.7 Å². The molecule has 0 saturated heterocycles. The van der Waals surface area contributed by atoms with Crippen molar-refractivity contribution in [1.29, 1.82) is 0 Å². The van der Waals surface area contributed by atoms with E-state index in [1.54, 1.807) is 7.11 Å². The number of rotatable bonds is 7. The van der Waals surface area contributed by atoms with E-state index in [4.69, 9.17) is 9.73 Å². The summed E-state index contributed by atoms with van der Waals surface area (Å²) in [5, 5.41) is 15.4. The van der Waals surface area contributed by atoms with Crippen LogP contribution in [0, 0.1) is 6.92 Å². The van der Waals surface area contributed by atoms with Crippen LogP contribution in [0.15, 0.2) is 29.3 Å². The van der Waals surface area contributed by atoms with Crippen molar-refractivity contribution in [3.8, 4) is 5.75 Å². The van der Waals surface area contributed by atoms with Crippen LogP contribution in [0.1, 0.15) is 42.9 Å². The fourth-order valence-electron chi connectivity index (χ4n) is 3.38. The summed E-state index contributed by atoms with van der Waals surface area (Å²) in [6, 6.07) is 8.64. The molecule has 0 aliphatic heterocycles. The second-order valence-corrected chi connectivity index (χ2v) is 7.00. The number of methoxy groups -OCH3 is 1. The second kappa shape index (κ2) is 11.2. The van der Waals surface area contributed by atoms with E-state index < -0.39 is 0 Å². The smallest absolute Gasteiger partial charge is 0.191 e. The van der Waals surface area contributed by atoms with Gasteiger partial charge < -0.3 is 19.9 Å². The molecule has 0 spiro atoms. The zero-order valence-corrected chi connectivity index (χ0v) is 19.3. The number of nitrogens with zero attached hydrogens (tertiary/aromatic N) is 4. The lowest BCUT2D eigenvalue weighted by molar-refractivity contribution is 0.409. The number of aromatic nitrogens is 3.